The third-order valence-corrected chi connectivity index (χ3v) is 3.15. The fraction of sp³-hybridized carbons (Fsp3) is 0.143. The summed E-state index contributed by atoms with van der Waals surface area (Å²) in [6.45, 7) is -2.85. The van der Waals surface area contributed by atoms with E-state index in [1.165, 1.54) is 12.1 Å². The quantitative estimate of drug-likeness (QED) is 0.580. The molecule has 72 valence electrons. The highest BCUT2D eigenvalue weighted by atomic mass is 127. The predicted molar refractivity (Wildman–Crippen MR) is 55.8 cm³/mol. The molecule has 0 spiro atoms. The molecule has 13 heavy (non-hydrogen) atoms. The minimum atomic E-state index is -2.85. The molecule has 0 fully saturated rings. The molecule has 0 amide bonds. The summed E-state index contributed by atoms with van der Waals surface area (Å²) in [6, 6.07) is 2.64. The molecular weight excluding hydrogens is 336 g/mol. The van der Waals surface area contributed by atoms with Gasteiger partial charge in [-0.3, -0.25) is 0 Å². The van der Waals surface area contributed by atoms with Crippen LogP contribution in [0.4, 0.5) is 8.78 Å². The molecule has 0 aliphatic heterocycles. The van der Waals surface area contributed by atoms with Crippen molar-refractivity contribution in [3.8, 4) is 5.75 Å². The third kappa shape index (κ3) is 3.11. The largest absolute Gasteiger partial charge is 0.435 e. The van der Waals surface area contributed by atoms with Gasteiger partial charge in [-0.1, -0.05) is 23.2 Å². The molecule has 1 nitrogen and oxygen atoms in total. The molecule has 0 unspecified atom stereocenters. The van der Waals surface area contributed by atoms with Crippen molar-refractivity contribution in [2.75, 3.05) is 0 Å². The van der Waals surface area contributed by atoms with E-state index in [2.05, 4.69) is 4.74 Å². The van der Waals surface area contributed by atoms with Gasteiger partial charge < -0.3 is 4.74 Å². The highest BCUT2D eigenvalue weighted by Gasteiger charge is 2.09. The van der Waals surface area contributed by atoms with Crippen LogP contribution >= 0.6 is 45.8 Å². The van der Waals surface area contributed by atoms with Crippen LogP contribution in [0.15, 0.2) is 12.1 Å². The molecule has 0 heterocycles. The number of alkyl halides is 2. The Morgan fingerprint density at radius 2 is 1.92 bits per heavy atom. The third-order valence-electron chi connectivity index (χ3n) is 1.18. The molecule has 1 aromatic carbocycles. The minimum Gasteiger partial charge on any atom is -0.435 e. The van der Waals surface area contributed by atoms with E-state index in [0.717, 1.165) is 0 Å². The molecule has 1 aromatic rings. The van der Waals surface area contributed by atoms with Gasteiger partial charge in [0.15, 0.2) is 0 Å². The fourth-order valence-corrected chi connectivity index (χ4v) is 1.78. The predicted octanol–water partition coefficient (Wildman–Crippen LogP) is 4.20. The Morgan fingerprint density at radius 3 is 2.38 bits per heavy atom. The normalized spacial score (nSPS) is 10.6. The van der Waals surface area contributed by atoms with E-state index in [4.69, 9.17) is 23.2 Å². The molecule has 0 saturated heterocycles. The summed E-state index contributed by atoms with van der Waals surface area (Å²) >= 11 is 13.2. The molecule has 0 bridgehead atoms. The van der Waals surface area contributed by atoms with E-state index in [9.17, 15) is 8.78 Å². The second-order valence-corrected chi connectivity index (χ2v) is 4.03. The van der Waals surface area contributed by atoms with E-state index in [1.54, 1.807) is 0 Å². The lowest BCUT2D eigenvalue weighted by molar-refractivity contribution is -0.0498. The second-order valence-electron chi connectivity index (χ2n) is 2.08. The lowest BCUT2D eigenvalue weighted by atomic mass is 10.3. The average molecular weight is 339 g/mol. The highest BCUT2D eigenvalue weighted by Crippen LogP contribution is 2.32. The maximum atomic E-state index is 11.8. The van der Waals surface area contributed by atoms with Crippen molar-refractivity contribution in [2.45, 2.75) is 6.61 Å². The molecule has 0 N–H and O–H groups in total. The summed E-state index contributed by atoms with van der Waals surface area (Å²) in [4.78, 5) is 0. The fourth-order valence-electron chi connectivity index (χ4n) is 0.703. The summed E-state index contributed by atoms with van der Waals surface area (Å²) in [7, 11) is 0. The Hall–Kier alpha value is 0.190. The van der Waals surface area contributed by atoms with Crippen molar-refractivity contribution in [1.82, 2.24) is 0 Å². The Balaban J connectivity index is 2.99. The maximum absolute atomic E-state index is 11.8. The molecule has 0 radical (unpaired) electrons. The zero-order chi connectivity index (χ0) is 10.0. The highest BCUT2D eigenvalue weighted by molar-refractivity contribution is 14.1. The van der Waals surface area contributed by atoms with Crippen LogP contribution in [0.1, 0.15) is 0 Å². The van der Waals surface area contributed by atoms with Crippen LogP contribution in [-0.2, 0) is 0 Å². The van der Waals surface area contributed by atoms with Gasteiger partial charge in [-0.2, -0.15) is 8.78 Å². The van der Waals surface area contributed by atoms with E-state index in [-0.39, 0.29) is 10.8 Å². The van der Waals surface area contributed by atoms with Gasteiger partial charge in [0.25, 0.3) is 0 Å². The van der Waals surface area contributed by atoms with Crippen LogP contribution in [0.2, 0.25) is 10.0 Å². The van der Waals surface area contributed by atoms with Crippen molar-refractivity contribution in [1.29, 1.82) is 0 Å². The Morgan fingerprint density at radius 1 is 1.31 bits per heavy atom. The van der Waals surface area contributed by atoms with Crippen molar-refractivity contribution < 1.29 is 13.5 Å². The molecule has 1 rings (SSSR count). The maximum Gasteiger partial charge on any atom is 0.387 e. The van der Waals surface area contributed by atoms with Crippen molar-refractivity contribution >= 4 is 45.8 Å². The van der Waals surface area contributed by atoms with Gasteiger partial charge in [0.05, 0.1) is 10.0 Å². The summed E-state index contributed by atoms with van der Waals surface area (Å²) in [6.07, 6.45) is 0. The average Bonchev–Trinajstić information content (AvgIpc) is 1.98. The van der Waals surface area contributed by atoms with Crippen molar-refractivity contribution in [2.24, 2.45) is 0 Å². The second kappa shape index (κ2) is 4.61. The first-order valence-corrected chi connectivity index (χ1v) is 4.93. The van der Waals surface area contributed by atoms with Crippen LogP contribution in [0.25, 0.3) is 0 Å². The Bertz CT molecular complexity index is 296. The molecular formula is C7H3Cl2F2IO. The lowest BCUT2D eigenvalue weighted by Crippen LogP contribution is -2.02. The Labute approximate surface area is 97.1 Å². The van der Waals surface area contributed by atoms with Gasteiger partial charge in [-0.15, -0.1) is 0 Å². The topological polar surface area (TPSA) is 9.23 Å². The van der Waals surface area contributed by atoms with Crippen LogP contribution < -0.4 is 4.74 Å². The zero-order valence-corrected chi connectivity index (χ0v) is 9.70. The monoisotopic (exact) mass is 338 g/mol. The van der Waals surface area contributed by atoms with Crippen LogP contribution in [0, 0.1) is 3.57 Å². The van der Waals surface area contributed by atoms with E-state index >= 15 is 0 Å². The van der Waals surface area contributed by atoms with Crippen molar-refractivity contribution in [3.05, 3.63) is 25.7 Å². The van der Waals surface area contributed by atoms with Crippen LogP contribution in [0.3, 0.4) is 0 Å². The first kappa shape index (κ1) is 11.3. The lowest BCUT2D eigenvalue weighted by Gasteiger charge is -2.06. The van der Waals surface area contributed by atoms with Crippen LogP contribution in [-0.4, -0.2) is 6.61 Å². The number of benzene rings is 1. The van der Waals surface area contributed by atoms with E-state index < -0.39 is 6.61 Å². The molecule has 6 heteroatoms. The summed E-state index contributed by atoms with van der Waals surface area (Å²) in [5.74, 6) is 0.00815. The number of rotatable bonds is 2. The molecule has 0 aromatic heterocycles. The number of halogens is 5. The van der Waals surface area contributed by atoms with Gasteiger partial charge in [-0.05, 0) is 28.7 Å². The summed E-state index contributed by atoms with van der Waals surface area (Å²) in [5, 5.41) is 0.535. The molecule has 0 aliphatic rings. The van der Waals surface area contributed by atoms with Gasteiger partial charge in [0.2, 0.25) is 0 Å². The number of ether oxygens (including phenoxy) is 1. The Kier molecular flexibility index (Phi) is 4.00. The SMILES string of the molecule is FC(F)Oc1cc(Cl)c(Cl)c(I)c1. The summed E-state index contributed by atoms with van der Waals surface area (Å²) < 4.78 is 28.3. The van der Waals surface area contributed by atoms with Gasteiger partial charge in [0, 0.05) is 9.64 Å². The summed E-state index contributed by atoms with van der Waals surface area (Å²) in [5.41, 5.74) is 0. The standard InChI is InChI=1S/C7H3Cl2F2IO/c8-4-1-3(13-7(10)11)2-5(12)6(4)9/h1-2,7H. The van der Waals surface area contributed by atoms with Gasteiger partial charge >= 0.3 is 6.61 Å². The van der Waals surface area contributed by atoms with Gasteiger partial charge in [-0.25, -0.2) is 0 Å². The van der Waals surface area contributed by atoms with E-state index in [1.807, 2.05) is 22.6 Å². The van der Waals surface area contributed by atoms with Crippen LogP contribution in [0.5, 0.6) is 5.75 Å². The molecule has 0 aliphatic carbocycles. The number of hydrogen-bond donors (Lipinski definition) is 0. The number of hydrogen-bond acceptors (Lipinski definition) is 1. The molecule has 0 atom stereocenters. The van der Waals surface area contributed by atoms with E-state index in [0.29, 0.717) is 8.59 Å². The van der Waals surface area contributed by atoms with Gasteiger partial charge in [0.1, 0.15) is 5.75 Å². The van der Waals surface area contributed by atoms with Crippen molar-refractivity contribution in [3.63, 3.8) is 0 Å². The molecule has 0 saturated carbocycles. The first-order valence-electron chi connectivity index (χ1n) is 3.10. The zero-order valence-electron chi connectivity index (χ0n) is 6.03. The first-order chi connectivity index (χ1) is 6.00. The minimum absolute atomic E-state index is 0.00815. The smallest absolute Gasteiger partial charge is 0.387 e.